The number of hydrogen-bond acceptors (Lipinski definition) is 7. The number of ether oxygens (including phenoxy) is 3. The second-order valence-electron chi connectivity index (χ2n) is 9.71. The number of benzene rings is 3. The highest BCUT2D eigenvalue weighted by molar-refractivity contribution is 5.73. The third-order valence-corrected chi connectivity index (χ3v) is 7.45. The second kappa shape index (κ2) is 11.2. The summed E-state index contributed by atoms with van der Waals surface area (Å²) in [7, 11) is 0. The minimum atomic E-state index is -1.50. The molecule has 0 bridgehead atoms. The molecule has 38 heavy (non-hydrogen) atoms. The number of rotatable bonds is 10. The molecule has 8 nitrogen and oxygen atoms in total. The fourth-order valence-corrected chi connectivity index (χ4v) is 5.75. The van der Waals surface area contributed by atoms with Gasteiger partial charge in [0, 0.05) is 6.61 Å². The molecule has 0 unspecified atom stereocenters. The molecular formula is C30H33NO7. The van der Waals surface area contributed by atoms with Crippen LogP contribution in [0.15, 0.2) is 91.0 Å². The fraction of sp³-hybridized carbons (Fsp3) is 0.367. The molecule has 1 aliphatic carbocycles. The Bertz CT molecular complexity index is 1190. The first-order valence-electron chi connectivity index (χ1n) is 12.9. The molecule has 0 aromatic heterocycles. The van der Waals surface area contributed by atoms with Crippen LogP contribution in [0.4, 0.5) is 4.79 Å². The zero-order valence-corrected chi connectivity index (χ0v) is 21.2. The Hall–Kier alpha value is -3.27. The molecule has 0 spiro atoms. The number of amides is 1. The van der Waals surface area contributed by atoms with Gasteiger partial charge < -0.3 is 29.5 Å². The van der Waals surface area contributed by atoms with E-state index in [1.165, 1.54) is 4.90 Å². The van der Waals surface area contributed by atoms with Crippen molar-refractivity contribution in [1.82, 2.24) is 4.90 Å². The molecule has 3 N–H and O–H groups in total. The summed E-state index contributed by atoms with van der Waals surface area (Å²) in [6, 6.07) is 26.0. The molecule has 0 radical (unpaired) electrons. The number of aliphatic hydroxyl groups is 3. The van der Waals surface area contributed by atoms with Crippen molar-refractivity contribution in [2.24, 2.45) is 0 Å². The number of nitrogens with zero attached hydrogens (tertiary/aromatic N) is 1. The number of carbonyl (C=O) groups is 1. The van der Waals surface area contributed by atoms with E-state index < -0.39 is 48.2 Å². The zero-order valence-electron chi connectivity index (χ0n) is 21.2. The monoisotopic (exact) mass is 519 g/mol. The fourth-order valence-electron chi connectivity index (χ4n) is 5.75. The molecule has 2 aliphatic rings. The topological polar surface area (TPSA) is 109 Å². The maximum atomic E-state index is 13.5. The van der Waals surface area contributed by atoms with Crippen molar-refractivity contribution < 1.29 is 34.3 Å². The SMILES string of the molecule is CCO[C@]1(COCc2ccccc2)[C@H](O)[C@H](O)[C@H]2OC(=O)N([C@H](c3ccccc3)[C@@H](O)c3ccccc3)[C@H]21. The highest BCUT2D eigenvalue weighted by Gasteiger charge is 2.70. The number of aliphatic hydroxyl groups excluding tert-OH is 3. The summed E-state index contributed by atoms with van der Waals surface area (Å²) in [5.74, 6) is 0. The van der Waals surface area contributed by atoms with Gasteiger partial charge in [-0.3, -0.25) is 4.90 Å². The lowest BCUT2D eigenvalue weighted by Gasteiger charge is -2.43. The summed E-state index contributed by atoms with van der Waals surface area (Å²) in [5, 5.41) is 34.0. The lowest BCUT2D eigenvalue weighted by atomic mass is 9.89. The standard InChI is InChI=1S/C30H33NO7/c1-2-37-30(19-36-18-20-12-6-3-7-13-20)27-26(25(33)28(30)34)38-29(35)31(27)23(21-14-8-4-9-15-21)24(32)22-16-10-5-11-17-22/h3-17,23-28,32-34H,2,18-19H2,1H3/t23-,24+,25-,26-,27-,28-,30+/m1/s1. The van der Waals surface area contributed by atoms with Gasteiger partial charge >= 0.3 is 6.09 Å². The molecule has 1 saturated heterocycles. The van der Waals surface area contributed by atoms with E-state index in [2.05, 4.69) is 0 Å². The Kier molecular flexibility index (Phi) is 7.78. The van der Waals surface area contributed by atoms with Gasteiger partial charge in [-0.25, -0.2) is 4.79 Å². The third kappa shape index (κ3) is 4.70. The van der Waals surface area contributed by atoms with Gasteiger partial charge in [0.2, 0.25) is 0 Å². The van der Waals surface area contributed by atoms with E-state index in [1.807, 2.05) is 78.9 Å². The molecule has 3 aromatic carbocycles. The van der Waals surface area contributed by atoms with Crippen LogP contribution in [0, 0.1) is 0 Å². The van der Waals surface area contributed by atoms with E-state index >= 15 is 0 Å². The van der Waals surface area contributed by atoms with Crippen LogP contribution < -0.4 is 0 Å². The Morgan fingerprint density at radius 3 is 2.11 bits per heavy atom. The maximum absolute atomic E-state index is 13.5. The van der Waals surface area contributed by atoms with Crippen molar-refractivity contribution in [2.45, 2.75) is 55.6 Å². The van der Waals surface area contributed by atoms with Crippen molar-refractivity contribution in [3.05, 3.63) is 108 Å². The molecular weight excluding hydrogens is 486 g/mol. The van der Waals surface area contributed by atoms with Gasteiger partial charge in [0.15, 0.2) is 6.10 Å². The summed E-state index contributed by atoms with van der Waals surface area (Å²) in [6.45, 7) is 2.12. The van der Waals surface area contributed by atoms with Gasteiger partial charge in [0.05, 0.1) is 19.3 Å². The largest absolute Gasteiger partial charge is 0.441 e. The van der Waals surface area contributed by atoms with E-state index in [-0.39, 0.29) is 19.8 Å². The van der Waals surface area contributed by atoms with Crippen LogP contribution in [0.25, 0.3) is 0 Å². The molecule has 2 fully saturated rings. The lowest BCUT2D eigenvalue weighted by Crippen LogP contribution is -2.60. The van der Waals surface area contributed by atoms with E-state index in [0.29, 0.717) is 11.1 Å². The second-order valence-corrected chi connectivity index (χ2v) is 9.71. The summed E-state index contributed by atoms with van der Waals surface area (Å²) in [5.41, 5.74) is 0.719. The summed E-state index contributed by atoms with van der Waals surface area (Å²) in [4.78, 5) is 14.9. The van der Waals surface area contributed by atoms with Gasteiger partial charge in [0.1, 0.15) is 30.0 Å². The molecule has 3 aromatic rings. The van der Waals surface area contributed by atoms with Crippen LogP contribution in [0.2, 0.25) is 0 Å². The van der Waals surface area contributed by atoms with Gasteiger partial charge in [-0.1, -0.05) is 91.0 Å². The normalized spacial score (nSPS) is 28.1. The first-order valence-corrected chi connectivity index (χ1v) is 12.9. The van der Waals surface area contributed by atoms with Crippen LogP contribution >= 0.6 is 0 Å². The Morgan fingerprint density at radius 1 is 0.921 bits per heavy atom. The van der Waals surface area contributed by atoms with E-state index in [9.17, 15) is 20.1 Å². The molecule has 200 valence electrons. The Labute approximate surface area is 222 Å². The average molecular weight is 520 g/mol. The quantitative estimate of drug-likeness (QED) is 0.377. The average Bonchev–Trinajstić information content (AvgIpc) is 3.38. The van der Waals surface area contributed by atoms with Gasteiger partial charge in [-0.05, 0) is 23.6 Å². The molecule has 7 atom stereocenters. The van der Waals surface area contributed by atoms with Crippen LogP contribution in [-0.2, 0) is 20.8 Å². The Morgan fingerprint density at radius 2 is 1.50 bits per heavy atom. The first kappa shape index (κ1) is 26.3. The smallest absolute Gasteiger partial charge is 0.411 e. The molecule has 1 amide bonds. The van der Waals surface area contributed by atoms with Crippen molar-refractivity contribution >= 4 is 6.09 Å². The van der Waals surface area contributed by atoms with E-state index in [1.54, 1.807) is 19.1 Å². The molecule has 1 heterocycles. The van der Waals surface area contributed by atoms with Crippen LogP contribution in [0.3, 0.4) is 0 Å². The van der Waals surface area contributed by atoms with Crippen molar-refractivity contribution in [3.63, 3.8) is 0 Å². The van der Waals surface area contributed by atoms with Crippen LogP contribution in [0.5, 0.6) is 0 Å². The van der Waals surface area contributed by atoms with E-state index in [0.717, 1.165) is 5.56 Å². The molecule has 1 aliphatic heterocycles. The van der Waals surface area contributed by atoms with E-state index in [4.69, 9.17) is 14.2 Å². The minimum Gasteiger partial charge on any atom is -0.441 e. The predicted molar refractivity (Wildman–Crippen MR) is 139 cm³/mol. The maximum Gasteiger partial charge on any atom is 0.411 e. The third-order valence-electron chi connectivity index (χ3n) is 7.45. The summed E-state index contributed by atoms with van der Waals surface area (Å²) >= 11 is 0. The number of carbonyl (C=O) groups excluding carboxylic acids is 1. The van der Waals surface area contributed by atoms with Crippen molar-refractivity contribution in [2.75, 3.05) is 13.2 Å². The molecule has 8 heteroatoms. The Balaban J connectivity index is 1.55. The highest BCUT2D eigenvalue weighted by atomic mass is 16.6. The van der Waals surface area contributed by atoms with Gasteiger partial charge in [-0.15, -0.1) is 0 Å². The predicted octanol–water partition coefficient (Wildman–Crippen LogP) is 3.38. The zero-order chi connectivity index (χ0) is 26.7. The summed E-state index contributed by atoms with van der Waals surface area (Å²) < 4.78 is 17.9. The van der Waals surface area contributed by atoms with Crippen molar-refractivity contribution in [1.29, 1.82) is 0 Å². The van der Waals surface area contributed by atoms with Crippen molar-refractivity contribution in [3.8, 4) is 0 Å². The number of hydrogen-bond donors (Lipinski definition) is 3. The first-order chi connectivity index (χ1) is 18.5. The summed E-state index contributed by atoms with van der Waals surface area (Å²) in [6.07, 6.45) is -5.69. The number of fused-ring (bicyclic) bond motifs is 1. The highest BCUT2D eigenvalue weighted by Crippen LogP contribution is 2.49. The van der Waals surface area contributed by atoms with Crippen LogP contribution in [-0.4, -0.2) is 69.5 Å². The molecule has 1 saturated carbocycles. The van der Waals surface area contributed by atoms with Crippen LogP contribution in [0.1, 0.15) is 35.8 Å². The molecule has 5 rings (SSSR count). The minimum absolute atomic E-state index is 0.106. The van der Waals surface area contributed by atoms with Gasteiger partial charge in [-0.2, -0.15) is 0 Å². The van der Waals surface area contributed by atoms with Gasteiger partial charge in [0.25, 0.3) is 0 Å². The lowest BCUT2D eigenvalue weighted by molar-refractivity contribution is -0.181.